The van der Waals surface area contributed by atoms with Crippen LogP contribution in [0.3, 0.4) is 0 Å². The van der Waals surface area contributed by atoms with E-state index in [1.165, 1.54) is 24.3 Å². The van der Waals surface area contributed by atoms with Crippen LogP contribution in [0.15, 0.2) is 54.6 Å². The van der Waals surface area contributed by atoms with Gasteiger partial charge in [0.1, 0.15) is 23.4 Å². The van der Waals surface area contributed by atoms with Gasteiger partial charge in [-0.3, -0.25) is 0 Å². The van der Waals surface area contributed by atoms with E-state index in [0.29, 0.717) is 24.6 Å². The van der Waals surface area contributed by atoms with E-state index >= 15 is 0 Å². The lowest BCUT2D eigenvalue weighted by Gasteiger charge is -2.21. The number of pyridine rings is 1. The van der Waals surface area contributed by atoms with Crippen molar-refractivity contribution in [1.29, 1.82) is 5.26 Å². The van der Waals surface area contributed by atoms with Gasteiger partial charge in [0.15, 0.2) is 5.82 Å². The number of anilines is 1. The van der Waals surface area contributed by atoms with Crippen LogP contribution in [0, 0.1) is 36.8 Å². The molecule has 2 aromatic heterocycles. The maximum atomic E-state index is 13.8. The molecule has 0 N–H and O–H groups in total. The fourth-order valence-corrected chi connectivity index (χ4v) is 3.92. The quantitative estimate of drug-likeness (QED) is 0.432. The second kappa shape index (κ2) is 8.19. The first-order valence-corrected chi connectivity index (χ1v) is 9.98. The van der Waals surface area contributed by atoms with Gasteiger partial charge in [0.05, 0.1) is 5.52 Å². The minimum absolute atomic E-state index is 0.276. The Bertz CT molecular complexity index is 1300. The third kappa shape index (κ3) is 3.99. The van der Waals surface area contributed by atoms with Crippen molar-refractivity contribution in [1.82, 2.24) is 9.55 Å². The van der Waals surface area contributed by atoms with Crippen molar-refractivity contribution in [3.05, 3.63) is 94.3 Å². The van der Waals surface area contributed by atoms with Crippen LogP contribution in [0.25, 0.3) is 10.9 Å². The van der Waals surface area contributed by atoms with Gasteiger partial charge in [-0.2, -0.15) is 5.26 Å². The lowest BCUT2D eigenvalue weighted by Crippen LogP contribution is -2.19. The Morgan fingerprint density at radius 3 is 2.42 bits per heavy atom. The van der Waals surface area contributed by atoms with Gasteiger partial charge >= 0.3 is 0 Å². The van der Waals surface area contributed by atoms with Crippen LogP contribution >= 0.6 is 0 Å². The number of aryl methyl sites for hydroxylation is 1. The maximum absolute atomic E-state index is 13.8. The summed E-state index contributed by atoms with van der Waals surface area (Å²) in [7, 11) is 1.90. The lowest BCUT2D eigenvalue weighted by molar-refractivity contribution is 0.623. The van der Waals surface area contributed by atoms with E-state index in [4.69, 9.17) is 0 Å². The van der Waals surface area contributed by atoms with Crippen LogP contribution in [-0.2, 0) is 13.1 Å². The summed E-state index contributed by atoms with van der Waals surface area (Å²) in [5.74, 6) is 0.0986. The van der Waals surface area contributed by atoms with Gasteiger partial charge in [0, 0.05) is 31.2 Å². The molecule has 0 fully saturated rings. The molecule has 0 saturated heterocycles. The van der Waals surface area contributed by atoms with E-state index in [9.17, 15) is 14.0 Å². The second-order valence-electron chi connectivity index (χ2n) is 7.75. The first-order valence-electron chi connectivity index (χ1n) is 9.98. The second-order valence-corrected chi connectivity index (χ2v) is 7.75. The summed E-state index contributed by atoms with van der Waals surface area (Å²) in [6.07, 6.45) is 0. The Balaban J connectivity index is 1.85. The number of halogens is 2. The highest BCUT2D eigenvalue weighted by Crippen LogP contribution is 2.33. The van der Waals surface area contributed by atoms with Gasteiger partial charge in [-0.15, -0.1) is 0 Å². The molecule has 2 heterocycles. The van der Waals surface area contributed by atoms with Crippen molar-refractivity contribution >= 4 is 16.7 Å². The van der Waals surface area contributed by atoms with E-state index in [-0.39, 0.29) is 11.6 Å². The molecule has 0 aliphatic rings. The topological polar surface area (TPSA) is 44.9 Å². The highest BCUT2D eigenvalue weighted by atomic mass is 19.1. The smallest absolute Gasteiger partial charge is 0.154 e. The summed E-state index contributed by atoms with van der Waals surface area (Å²) in [5, 5.41) is 10.5. The van der Waals surface area contributed by atoms with Crippen molar-refractivity contribution < 1.29 is 8.78 Å². The van der Waals surface area contributed by atoms with Gasteiger partial charge < -0.3 is 9.47 Å². The molecule has 0 bridgehead atoms. The predicted molar refractivity (Wildman–Crippen MR) is 118 cm³/mol. The highest BCUT2D eigenvalue weighted by Gasteiger charge is 2.20. The summed E-state index contributed by atoms with van der Waals surface area (Å²) in [4.78, 5) is 6.56. The van der Waals surface area contributed by atoms with Crippen molar-refractivity contribution in [2.75, 3.05) is 11.9 Å². The molecule has 0 unspecified atom stereocenters. The standard InChI is InChI=1S/C25H22F2N4/c1-16-17(2)31(15-19-5-4-6-21(27)11-19)24-23(16)12-22(13-28)29-25(24)30(3)14-18-7-9-20(26)10-8-18/h4-12H,14-15H2,1-3H3. The van der Waals surface area contributed by atoms with Gasteiger partial charge in [0.25, 0.3) is 0 Å². The molecule has 4 aromatic rings. The molecule has 0 saturated carbocycles. The molecule has 4 nitrogen and oxygen atoms in total. The van der Waals surface area contributed by atoms with Crippen LogP contribution in [0.1, 0.15) is 28.1 Å². The Hall–Kier alpha value is -3.72. The molecule has 0 spiro atoms. The van der Waals surface area contributed by atoms with E-state index in [0.717, 1.165) is 33.3 Å². The molecule has 0 amide bonds. The zero-order chi connectivity index (χ0) is 22.1. The minimum atomic E-state index is -0.284. The number of rotatable bonds is 5. The molecule has 0 aliphatic heterocycles. The summed E-state index contributed by atoms with van der Waals surface area (Å²) < 4.78 is 29.2. The van der Waals surface area contributed by atoms with Crippen LogP contribution in [0.4, 0.5) is 14.6 Å². The molecule has 4 rings (SSSR count). The SMILES string of the molecule is Cc1c(C)n(Cc2cccc(F)c2)c2c(N(C)Cc3ccc(F)cc3)nc(C#N)cc12. The van der Waals surface area contributed by atoms with Gasteiger partial charge in [0.2, 0.25) is 0 Å². The molecule has 0 radical (unpaired) electrons. The first kappa shape index (κ1) is 20.5. The van der Waals surface area contributed by atoms with Crippen LogP contribution in [-0.4, -0.2) is 16.6 Å². The number of aromatic nitrogens is 2. The molecule has 156 valence electrons. The molecule has 0 aliphatic carbocycles. The average molecular weight is 416 g/mol. The van der Waals surface area contributed by atoms with Crippen molar-refractivity contribution in [2.24, 2.45) is 0 Å². The Kier molecular flexibility index (Phi) is 5.43. The van der Waals surface area contributed by atoms with Crippen molar-refractivity contribution in [3.8, 4) is 6.07 Å². The number of hydrogen-bond donors (Lipinski definition) is 0. The van der Waals surface area contributed by atoms with Gasteiger partial charge in [-0.1, -0.05) is 24.3 Å². The largest absolute Gasteiger partial charge is 0.354 e. The molecular weight excluding hydrogens is 394 g/mol. The minimum Gasteiger partial charge on any atom is -0.354 e. The number of nitrogens with zero attached hydrogens (tertiary/aromatic N) is 4. The lowest BCUT2D eigenvalue weighted by atomic mass is 10.1. The maximum Gasteiger partial charge on any atom is 0.154 e. The van der Waals surface area contributed by atoms with Crippen LogP contribution in [0.2, 0.25) is 0 Å². The fourth-order valence-electron chi connectivity index (χ4n) is 3.92. The average Bonchev–Trinajstić information content (AvgIpc) is 2.99. The number of nitriles is 1. The molecular formula is C25H22F2N4. The van der Waals surface area contributed by atoms with E-state index < -0.39 is 0 Å². The highest BCUT2D eigenvalue weighted by molar-refractivity contribution is 5.94. The van der Waals surface area contributed by atoms with Crippen LogP contribution in [0.5, 0.6) is 0 Å². The number of hydrogen-bond acceptors (Lipinski definition) is 3. The Labute approximate surface area is 180 Å². The number of fused-ring (bicyclic) bond motifs is 1. The predicted octanol–water partition coefficient (Wildman–Crippen LogP) is 5.49. The first-order chi connectivity index (χ1) is 14.9. The summed E-state index contributed by atoms with van der Waals surface area (Å²) >= 11 is 0. The molecule has 31 heavy (non-hydrogen) atoms. The van der Waals surface area contributed by atoms with E-state index in [1.807, 2.05) is 31.9 Å². The van der Waals surface area contributed by atoms with E-state index in [2.05, 4.69) is 15.6 Å². The molecule has 2 aromatic carbocycles. The van der Waals surface area contributed by atoms with E-state index in [1.54, 1.807) is 24.3 Å². The summed E-state index contributed by atoms with van der Waals surface area (Å²) in [6.45, 7) is 5.02. The van der Waals surface area contributed by atoms with Gasteiger partial charge in [-0.25, -0.2) is 13.8 Å². The monoisotopic (exact) mass is 416 g/mol. The molecule has 6 heteroatoms. The van der Waals surface area contributed by atoms with Gasteiger partial charge in [-0.05, 0) is 60.9 Å². The zero-order valence-electron chi connectivity index (χ0n) is 17.7. The number of benzene rings is 2. The molecule has 0 atom stereocenters. The summed E-state index contributed by atoms with van der Waals surface area (Å²) in [6, 6.07) is 16.8. The third-order valence-electron chi connectivity index (χ3n) is 5.63. The Morgan fingerprint density at radius 1 is 1.00 bits per heavy atom. The Morgan fingerprint density at radius 2 is 1.74 bits per heavy atom. The normalized spacial score (nSPS) is 11.0. The fraction of sp³-hybridized carbons (Fsp3) is 0.200. The summed E-state index contributed by atoms with van der Waals surface area (Å²) in [5.41, 5.74) is 5.09. The third-order valence-corrected chi connectivity index (χ3v) is 5.63. The van der Waals surface area contributed by atoms with Crippen molar-refractivity contribution in [2.45, 2.75) is 26.9 Å². The zero-order valence-corrected chi connectivity index (χ0v) is 17.7. The van der Waals surface area contributed by atoms with Crippen molar-refractivity contribution in [3.63, 3.8) is 0 Å². The van der Waals surface area contributed by atoms with Crippen LogP contribution < -0.4 is 4.90 Å².